The van der Waals surface area contributed by atoms with Gasteiger partial charge < -0.3 is 5.32 Å². The van der Waals surface area contributed by atoms with Crippen molar-refractivity contribution in [1.29, 1.82) is 0 Å². The van der Waals surface area contributed by atoms with Gasteiger partial charge in [0.1, 0.15) is 5.02 Å². The van der Waals surface area contributed by atoms with Crippen LogP contribution in [0.25, 0.3) is 11.4 Å². The number of benzene rings is 1. The van der Waals surface area contributed by atoms with Crippen LogP contribution in [0.5, 0.6) is 0 Å². The van der Waals surface area contributed by atoms with Gasteiger partial charge in [0.15, 0.2) is 5.69 Å². The first-order chi connectivity index (χ1) is 14.9. The third kappa shape index (κ3) is 4.35. The molecule has 0 aliphatic heterocycles. The number of hydrogen-bond donors (Lipinski definition) is 1. The molecule has 0 unspecified atom stereocenters. The summed E-state index contributed by atoms with van der Waals surface area (Å²) >= 11 is 5.56. The fraction of sp³-hybridized carbons (Fsp3) is 0.211. The zero-order chi connectivity index (χ0) is 23.8. The van der Waals surface area contributed by atoms with Gasteiger partial charge in [0.05, 0.1) is 23.0 Å². The van der Waals surface area contributed by atoms with Crippen molar-refractivity contribution < 1.29 is 31.1 Å². The summed E-state index contributed by atoms with van der Waals surface area (Å²) in [7, 11) is 0. The van der Waals surface area contributed by atoms with Crippen LogP contribution in [0.15, 0.2) is 47.5 Å². The molecule has 1 aromatic carbocycles. The minimum Gasteiger partial charge on any atom is -0.352 e. The van der Waals surface area contributed by atoms with Crippen molar-refractivity contribution in [3.8, 4) is 11.4 Å². The molecule has 0 bridgehead atoms. The minimum absolute atomic E-state index is 0.0547. The van der Waals surface area contributed by atoms with Gasteiger partial charge in [-0.05, 0) is 37.3 Å². The van der Waals surface area contributed by atoms with Gasteiger partial charge in [0, 0.05) is 18.4 Å². The molecule has 0 radical (unpaired) electrons. The van der Waals surface area contributed by atoms with E-state index in [1.807, 2.05) is 0 Å². The van der Waals surface area contributed by atoms with Crippen molar-refractivity contribution >= 4 is 17.5 Å². The zero-order valence-electron chi connectivity index (χ0n) is 16.1. The molecular formula is C19H13ClF6N4O2. The molecule has 13 heteroatoms. The van der Waals surface area contributed by atoms with Crippen LogP contribution in [-0.4, -0.2) is 26.8 Å². The maximum Gasteiger partial charge on any atom is 0.434 e. The molecule has 0 saturated carbocycles. The van der Waals surface area contributed by atoms with E-state index in [1.165, 1.54) is 12.1 Å². The van der Waals surface area contributed by atoms with Crippen LogP contribution in [-0.2, 0) is 12.4 Å². The lowest BCUT2D eigenvalue weighted by molar-refractivity contribution is -0.143. The summed E-state index contributed by atoms with van der Waals surface area (Å²) in [5, 5.41) is 4.88. The highest BCUT2D eigenvalue weighted by Gasteiger charge is 2.40. The molecule has 0 atom stereocenters. The van der Waals surface area contributed by atoms with E-state index in [9.17, 15) is 35.9 Å². The molecule has 1 N–H and O–H groups in total. The molecule has 3 rings (SSSR count). The number of nitrogens with zero attached hydrogens (tertiary/aromatic N) is 3. The SMILES string of the molecule is CCNC(=O)c1cnn(-c2ccc(-n3ccc(C(F)(F)F)c(Cl)c3=O)cc2)c1C(F)(F)F. The molecule has 0 saturated heterocycles. The smallest absolute Gasteiger partial charge is 0.352 e. The highest BCUT2D eigenvalue weighted by Crippen LogP contribution is 2.34. The first-order valence-electron chi connectivity index (χ1n) is 8.88. The molecule has 1 amide bonds. The van der Waals surface area contributed by atoms with Crippen LogP contribution < -0.4 is 10.9 Å². The zero-order valence-corrected chi connectivity index (χ0v) is 16.8. The van der Waals surface area contributed by atoms with E-state index in [-0.39, 0.29) is 17.9 Å². The second-order valence-electron chi connectivity index (χ2n) is 6.41. The maximum absolute atomic E-state index is 13.6. The number of hydrogen-bond acceptors (Lipinski definition) is 3. The molecular weight excluding hydrogens is 466 g/mol. The standard InChI is InChI=1S/C19H13ClF6N4O2/c1-2-27-16(31)12-9-28-30(15(12)19(24,25)26)11-5-3-10(4-6-11)29-8-7-13(18(21,22)23)14(20)17(29)32/h3-9H,2H2,1H3,(H,27,31). The number of rotatable bonds is 4. The Morgan fingerprint density at radius 3 is 2.16 bits per heavy atom. The Kier molecular flexibility index (Phi) is 6.09. The number of nitrogens with one attached hydrogen (secondary N) is 1. The molecule has 6 nitrogen and oxygen atoms in total. The van der Waals surface area contributed by atoms with Gasteiger partial charge in [-0.3, -0.25) is 14.2 Å². The number of alkyl halides is 6. The van der Waals surface area contributed by atoms with E-state index in [4.69, 9.17) is 11.6 Å². The fourth-order valence-corrected chi connectivity index (χ4v) is 3.19. The second-order valence-corrected chi connectivity index (χ2v) is 6.79. The molecule has 3 aromatic rings. The topological polar surface area (TPSA) is 68.9 Å². The summed E-state index contributed by atoms with van der Waals surface area (Å²) in [5.41, 5.74) is -4.47. The highest BCUT2D eigenvalue weighted by atomic mass is 35.5. The lowest BCUT2D eigenvalue weighted by Gasteiger charge is -2.14. The van der Waals surface area contributed by atoms with Gasteiger partial charge in [-0.25, -0.2) is 4.68 Å². The average molecular weight is 479 g/mol. The largest absolute Gasteiger partial charge is 0.434 e. The first kappa shape index (κ1) is 23.4. The first-order valence-corrected chi connectivity index (χ1v) is 9.26. The molecule has 32 heavy (non-hydrogen) atoms. The Labute approximate surface area is 181 Å². The highest BCUT2D eigenvalue weighted by molar-refractivity contribution is 6.31. The Balaban J connectivity index is 2.05. The molecule has 0 fully saturated rings. The van der Waals surface area contributed by atoms with E-state index in [1.54, 1.807) is 6.92 Å². The van der Waals surface area contributed by atoms with Crippen LogP contribution in [0.4, 0.5) is 26.3 Å². The number of carbonyl (C=O) groups excluding carboxylic acids is 1. The predicted molar refractivity (Wildman–Crippen MR) is 102 cm³/mol. The number of carbonyl (C=O) groups is 1. The van der Waals surface area contributed by atoms with Crippen LogP contribution in [0.2, 0.25) is 5.02 Å². The van der Waals surface area contributed by atoms with E-state index >= 15 is 0 Å². The van der Waals surface area contributed by atoms with E-state index in [0.717, 1.165) is 29.1 Å². The van der Waals surface area contributed by atoms with Gasteiger partial charge in [0.25, 0.3) is 11.5 Å². The lowest BCUT2D eigenvalue weighted by atomic mass is 10.2. The van der Waals surface area contributed by atoms with Gasteiger partial charge in [-0.1, -0.05) is 11.6 Å². The van der Waals surface area contributed by atoms with Gasteiger partial charge in [0.2, 0.25) is 0 Å². The second kappa shape index (κ2) is 8.34. The lowest BCUT2D eigenvalue weighted by Crippen LogP contribution is -2.26. The van der Waals surface area contributed by atoms with E-state index < -0.39 is 45.7 Å². The van der Waals surface area contributed by atoms with Crippen molar-refractivity contribution in [3.63, 3.8) is 0 Å². The van der Waals surface area contributed by atoms with E-state index in [2.05, 4.69) is 10.4 Å². The number of halogens is 7. The molecule has 0 aliphatic rings. The van der Waals surface area contributed by atoms with Gasteiger partial charge in [-0.2, -0.15) is 31.4 Å². The molecule has 0 spiro atoms. The Hall–Kier alpha value is -3.28. The number of amides is 1. The predicted octanol–water partition coefficient (Wildman–Crippen LogP) is 4.46. The number of pyridine rings is 1. The summed E-state index contributed by atoms with van der Waals surface area (Å²) in [4.78, 5) is 24.2. The molecule has 2 heterocycles. The molecule has 170 valence electrons. The van der Waals surface area contributed by atoms with Crippen molar-refractivity contribution in [2.45, 2.75) is 19.3 Å². The van der Waals surface area contributed by atoms with Gasteiger partial charge >= 0.3 is 12.4 Å². The summed E-state index contributed by atoms with van der Waals surface area (Å²) in [6.45, 7) is 1.66. The van der Waals surface area contributed by atoms with Crippen molar-refractivity contribution in [2.24, 2.45) is 0 Å². The fourth-order valence-electron chi connectivity index (χ4n) is 2.93. The Bertz CT molecular complexity index is 1210. The van der Waals surface area contributed by atoms with Crippen LogP contribution in [0, 0.1) is 0 Å². The van der Waals surface area contributed by atoms with Crippen LogP contribution in [0.1, 0.15) is 28.5 Å². The molecule has 0 aliphatic carbocycles. The Morgan fingerprint density at radius 1 is 1.03 bits per heavy atom. The third-order valence-electron chi connectivity index (χ3n) is 4.33. The maximum atomic E-state index is 13.6. The summed E-state index contributed by atoms with van der Waals surface area (Å²) < 4.78 is 80.8. The monoisotopic (exact) mass is 478 g/mol. The molecule has 2 aromatic heterocycles. The minimum atomic E-state index is -4.91. The van der Waals surface area contributed by atoms with Crippen LogP contribution >= 0.6 is 11.6 Å². The quantitative estimate of drug-likeness (QED) is 0.563. The van der Waals surface area contributed by atoms with Crippen LogP contribution in [0.3, 0.4) is 0 Å². The Morgan fingerprint density at radius 2 is 1.62 bits per heavy atom. The van der Waals surface area contributed by atoms with Crippen molar-refractivity contribution in [3.05, 3.63) is 74.9 Å². The average Bonchev–Trinajstić information content (AvgIpc) is 3.15. The van der Waals surface area contributed by atoms with Crippen molar-refractivity contribution in [2.75, 3.05) is 6.54 Å². The van der Waals surface area contributed by atoms with E-state index in [0.29, 0.717) is 10.7 Å². The third-order valence-corrected chi connectivity index (χ3v) is 4.70. The van der Waals surface area contributed by atoms with Crippen molar-refractivity contribution in [1.82, 2.24) is 19.7 Å². The summed E-state index contributed by atoms with van der Waals surface area (Å²) in [6, 6.07) is 5.35. The number of aromatic nitrogens is 3. The summed E-state index contributed by atoms with van der Waals surface area (Å²) in [5.74, 6) is -0.950. The normalized spacial score (nSPS) is 12.1. The summed E-state index contributed by atoms with van der Waals surface area (Å²) in [6.07, 6.45) is -8.10. The van der Waals surface area contributed by atoms with Gasteiger partial charge in [-0.15, -0.1) is 0 Å².